The summed E-state index contributed by atoms with van der Waals surface area (Å²) >= 11 is 5.78. The lowest BCUT2D eigenvalue weighted by atomic mass is 9.37. The van der Waals surface area contributed by atoms with Gasteiger partial charge in [0, 0.05) is 67.6 Å². The number of hydrogen-bond donors (Lipinski definition) is 0. The molecule has 0 bridgehead atoms. The zero-order valence-corrected chi connectivity index (χ0v) is 34.3. The molecule has 0 saturated carbocycles. The van der Waals surface area contributed by atoms with Crippen LogP contribution < -0.4 is 21.3 Å². The van der Waals surface area contributed by atoms with Crippen molar-refractivity contribution in [3.63, 3.8) is 0 Å². The molecule has 2 nitrogen and oxygen atoms in total. The van der Waals surface area contributed by atoms with Gasteiger partial charge in [-0.1, -0.05) is 127 Å². The Kier molecular flexibility index (Phi) is 6.18. The lowest BCUT2D eigenvalue weighted by molar-refractivity contribution is 0.669. The topological polar surface area (TPSA) is 16.4 Å². The normalized spacial score (nSPS) is 13.3. The Balaban J connectivity index is 1.14. The number of para-hydroxylation sites is 1. The van der Waals surface area contributed by atoms with Crippen molar-refractivity contribution in [1.29, 1.82) is 0 Å². The van der Waals surface area contributed by atoms with Gasteiger partial charge in [-0.15, -0.1) is 34.0 Å². The molecule has 9 aromatic carbocycles. The molecule has 2 aliphatic rings. The minimum atomic E-state index is 0.0849. The summed E-state index contributed by atoms with van der Waals surface area (Å²) in [6.45, 7) is 0.0849. The molecule has 6 heteroatoms. The van der Waals surface area contributed by atoms with Crippen LogP contribution in [-0.4, -0.2) is 6.71 Å². The molecule has 0 unspecified atom stereocenters. The van der Waals surface area contributed by atoms with Crippen molar-refractivity contribution in [2.75, 3.05) is 4.90 Å². The molecule has 0 N–H and O–H groups in total. The van der Waals surface area contributed by atoms with Gasteiger partial charge in [-0.05, 0) is 81.7 Å². The van der Waals surface area contributed by atoms with Crippen LogP contribution in [-0.2, 0) is 0 Å². The highest BCUT2D eigenvalue weighted by atomic mass is 32.1. The first kappa shape index (κ1) is 32.2. The molecule has 6 heterocycles. The van der Waals surface area contributed by atoms with Crippen LogP contribution in [0.25, 0.3) is 105 Å². The number of rotatable bonds is 2. The predicted octanol–water partition coefficient (Wildman–Crippen LogP) is 14.6. The number of fused-ring (bicyclic) bond motifs is 19. The Morgan fingerprint density at radius 3 is 1.77 bits per heavy atom. The Morgan fingerprint density at radius 2 is 1.00 bits per heavy atom. The summed E-state index contributed by atoms with van der Waals surface area (Å²) in [5.41, 5.74) is 14.9. The number of hydrogen-bond acceptors (Lipinski definition) is 5. The van der Waals surface area contributed by atoms with Crippen LogP contribution in [0, 0.1) is 0 Å². The lowest BCUT2D eigenvalue weighted by Crippen LogP contribution is -2.54. The molecule has 13 aromatic rings. The maximum Gasteiger partial charge on any atom is 0.248 e. The van der Waals surface area contributed by atoms with Gasteiger partial charge in [-0.2, -0.15) is 0 Å². The fraction of sp³-hybridized carbons (Fsp3) is 0. The fourth-order valence-electron chi connectivity index (χ4n) is 10.8. The van der Waals surface area contributed by atoms with Gasteiger partial charge in [0.2, 0.25) is 6.71 Å². The molecule has 60 heavy (non-hydrogen) atoms. The van der Waals surface area contributed by atoms with Crippen LogP contribution in [0.1, 0.15) is 0 Å². The summed E-state index contributed by atoms with van der Waals surface area (Å²) in [5, 5.41) is 10.2. The van der Waals surface area contributed by atoms with Crippen LogP contribution in [0.4, 0.5) is 17.1 Å². The Labute approximate surface area is 355 Å². The third-order valence-electron chi connectivity index (χ3n) is 13.3. The quantitative estimate of drug-likeness (QED) is 0.162. The van der Waals surface area contributed by atoms with Crippen LogP contribution in [0.15, 0.2) is 174 Å². The predicted molar refractivity (Wildman–Crippen MR) is 263 cm³/mol. The Bertz CT molecular complexity index is 4050. The average molecular weight is 814 g/mol. The summed E-state index contributed by atoms with van der Waals surface area (Å²) in [7, 11) is 0. The van der Waals surface area contributed by atoms with Gasteiger partial charge in [0.15, 0.2) is 0 Å². The minimum absolute atomic E-state index is 0.0849. The molecule has 0 spiro atoms. The van der Waals surface area contributed by atoms with E-state index >= 15 is 0 Å². The average Bonchev–Trinajstić information content (AvgIpc) is 4.12. The Morgan fingerprint density at radius 1 is 0.417 bits per heavy atom. The monoisotopic (exact) mass is 813 g/mol. The molecule has 4 aromatic heterocycles. The minimum Gasteiger partial charge on any atom is -0.456 e. The summed E-state index contributed by atoms with van der Waals surface area (Å²) < 4.78 is 14.5. The third kappa shape index (κ3) is 4.04. The van der Waals surface area contributed by atoms with E-state index in [4.69, 9.17) is 4.42 Å². The highest BCUT2D eigenvalue weighted by Crippen LogP contribution is 2.53. The van der Waals surface area contributed by atoms with Gasteiger partial charge >= 0.3 is 0 Å². The molecule has 0 fully saturated rings. The second kappa shape index (κ2) is 11.5. The van der Waals surface area contributed by atoms with Crippen molar-refractivity contribution in [1.82, 2.24) is 0 Å². The van der Waals surface area contributed by atoms with Crippen molar-refractivity contribution in [3.05, 3.63) is 170 Å². The van der Waals surface area contributed by atoms with Crippen molar-refractivity contribution in [2.45, 2.75) is 0 Å². The van der Waals surface area contributed by atoms with Gasteiger partial charge in [-0.3, -0.25) is 0 Å². The first-order valence-electron chi connectivity index (χ1n) is 20.4. The summed E-state index contributed by atoms with van der Waals surface area (Å²) in [6, 6.07) is 63.5. The number of nitrogens with zero attached hydrogens (tertiary/aromatic N) is 1. The maximum absolute atomic E-state index is 6.52. The summed E-state index contributed by atoms with van der Waals surface area (Å²) in [4.78, 5) is 2.67. The largest absolute Gasteiger partial charge is 0.456 e. The lowest BCUT2D eigenvalue weighted by Gasteiger charge is -2.37. The van der Waals surface area contributed by atoms with Crippen LogP contribution in [0.3, 0.4) is 0 Å². The molecule has 0 radical (unpaired) electrons. The third-order valence-corrected chi connectivity index (χ3v) is 16.9. The molecule has 0 aliphatic carbocycles. The number of benzene rings is 9. The van der Waals surface area contributed by atoms with Crippen molar-refractivity contribution < 1.29 is 4.42 Å². The van der Waals surface area contributed by atoms with Gasteiger partial charge < -0.3 is 9.32 Å². The zero-order chi connectivity index (χ0) is 38.8. The van der Waals surface area contributed by atoms with Gasteiger partial charge in [0.25, 0.3) is 0 Å². The van der Waals surface area contributed by atoms with E-state index in [9.17, 15) is 0 Å². The maximum atomic E-state index is 6.52. The number of anilines is 3. The van der Waals surface area contributed by atoms with Crippen LogP contribution in [0.2, 0.25) is 0 Å². The second-order valence-electron chi connectivity index (χ2n) is 16.2. The highest BCUT2D eigenvalue weighted by molar-refractivity contribution is 7.28. The van der Waals surface area contributed by atoms with E-state index in [1.807, 2.05) is 34.0 Å². The van der Waals surface area contributed by atoms with E-state index in [2.05, 4.69) is 175 Å². The Hall–Kier alpha value is -6.70. The molecule has 15 rings (SSSR count). The van der Waals surface area contributed by atoms with Crippen LogP contribution in [0.5, 0.6) is 0 Å². The van der Waals surface area contributed by atoms with E-state index in [0.29, 0.717) is 0 Å². The first-order valence-corrected chi connectivity index (χ1v) is 22.9. The van der Waals surface area contributed by atoms with Crippen LogP contribution >= 0.6 is 34.0 Å². The smallest absolute Gasteiger partial charge is 0.248 e. The molecule has 0 saturated heterocycles. The standard InChI is InChI=1S/C54H28BNOS3/c1-5-18-43-37(14-1)48-30(15-10-19-44(48)57-43)29-27-38-49-39(25-23-35-32-12-3-7-21-46(32)59-53(35)49)55-40-26-24-36-33-13-4-8-22-47(33)60-54(36)51(40)56(42(28-29)50(38)55)41-17-9-16-34-31-11-2-6-20-45(31)58-52(34)41/h1-28H. The second-order valence-corrected chi connectivity index (χ2v) is 19.4. The molecule has 276 valence electrons. The number of furan rings is 1. The van der Waals surface area contributed by atoms with Gasteiger partial charge in [-0.25, -0.2) is 0 Å². The van der Waals surface area contributed by atoms with E-state index in [-0.39, 0.29) is 6.71 Å². The van der Waals surface area contributed by atoms with E-state index in [1.165, 1.54) is 116 Å². The SMILES string of the molecule is c1ccc2c(c1)oc1cccc(-c3cc4c5c(c3)N(c3cccc6c3sc3ccccc36)c3c(ccc6c3sc3ccccc36)B5c3ccc5c(sc6ccccc65)c3-4)c12. The highest BCUT2D eigenvalue weighted by Gasteiger charge is 2.45. The summed E-state index contributed by atoms with van der Waals surface area (Å²) in [5.74, 6) is 0. The van der Waals surface area contributed by atoms with E-state index < -0.39 is 0 Å². The first-order chi connectivity index (χ1) is 29.8. The molecule has 0 amide bonds. The zero-order valence-electron chi connectivity index (χ0n) is 31.8. The van der Waals surface area contributed by atoms with Crippen molar-refractivity contribution in [2.24, 2.45) is 0 Å². The van der Waals surface area contributed by atoms with E-state index in [1.54, 1.807) is 0 Å². The summed E-state index contributed by atoms with van der Waals surface area (Å²) in [6.07, 6.45) is 0. The van der Waals surface area contributed by atoms with Crippen molar-refractivity contribution >= 4 is 157 Å². The molecule has 0 atom stereocenters. The van der Waals surface area contributed by atoms with Gasteiger partial charge in [0.1, 0.15) is 11.2 Å². The number of thiophene rings is 3. The molecular weight excluding hydrogens is 786 g/mol. The van der Waals surface area contributed by atoms with Gasteiger partial charge in [0.05, 0.1) is 20.8 Å². The fourth-order valence-corrected chi connectivity index (χ4v) is 14.6. The molecule has 2 aliphatic heterocycles. The van der Waals surface area contributed by atoms with E-state index in [0.717, 1.165) is 21.9 Å². The molecular formula is C54H28BNOS3. The van der Waals surface area contributed by atoms with Crippen molar-refractivity contribution in [3.8, 4) is 22.3 Å².